The number of ether oxygens (including phenoxy) is 2. The van der Waals surface area contributed by atoms with Gasteiger partial charge in [-0.1, -0.05) is 11.6 Å². The second kappa shape index (κ2) is 4.83. The van der Waals surface area contributed by atoms with Gasteiger partial charge in [-0.15, -0.1) is 0 Å². The van der Waals surface area contributed by atoms with E-state index in [1.54, 1.807) is 6.07 Å². The molecule has 0 fully saturated rings. The molecule has 76 valence electrons. The van der Waals surface area contributed by atoms with E-state index in [2.05, 4.69) is 4.74 Å². The molecule has 0 atom stereocenters. The number of anilines is 1. The number of hydrogen-bond acceptors (Lipinski definition) is 4. The molecule has 0 heterocycles. The maximum atomic E-state index is 11.3. The lowest BCUT2D eigenvalue weighted by Gasteiger charge is -2.04. The summed E-state index contributed by atoms with van der Waals surface area (Å²) in [7, 11) is 1.43. The highest BCUT2D eigenvalue weighted by Gasteiger charge is 2.08. The third kappa shape index (κ3) is 2.90. The number of carbonyl (C=O) groups is 1. The first kappa shape index (κ1) is 10.8. The number of nitrogens with two attached hydrogens (primary N) is 1. The van der Waals surface area contributed by atoms with Gasteiger partial charge in [-0.2, -0.15) is 0 Å². The zero-order chi connectivity index (χ0) is 10.6. The summed E-state index contributed by atoms with van der Waals surface area (Å²) in [6, 6.07) is 4.52. The number of halogens is 1. The molecule has 0 saturated carbocycles. The van der Waals surface area contributed by atoms with Crippen LogP contribution in [0.3, 0.4) is 0 Å². The Morgan fingerprint density at radius 2 is 2.21 bits per heavy atom. The summed E-state index contributed by atoms with van der Waals surface area (Å²) in [5.74, 6) is -0.513. The van der Waals surface area contributed by atoms with Crippen LogP contribution in [-0.2, 0) is 9.47 Å². The Morgan fingerprint density at radius 1 is 1.50 bits per heavy atom. The van der Waals surface area contributed by atoms with E-state index in [4.69, 9.17) is 22.1 Å². The van der Waals surface area contributed by atoms with Crippen LogP contribution < -0.4 is 5.73 Å². The lowest BCUT2D eigenvalue weighted by atomic mass is 10.2. The van der Waals surface area contributed by atoms with E-state index < -0.39 is 5.97 Å². The summed E-state index contributed by atoms with van der Waals surface area (Å²) < 4.78 is 9.30. The minimum absolute atomic E-state index is 0.0920. The van der Waals surface area contributed by atoms with Gasteiger partial charge in [0.15, 0.2) is 6.79 Å². The number of carbonyl (C=O) groups excluding carboxylic acids is 1. The summed E-state index contributed by atoms with van der Waals surface area (Å²) in [4.78, 5) is 11.3. The van der Waals surface area contributed by atoms with Crippen LogP contribution in [0, 0.1) is 0 Å². The Kier molecular flexibility index (Phi) is 3.73. The Hall–Kier alpha value is -1.26. The molecule has 0 aliphatic carbocycles. The molecule has 0 unspecified atom stereocenters. The van der Waals surface area contributed by atoms with Gasteiger partial charge in [0.05, 0.1) is 5.56 Å². The molecule has 14 heavy (non-hydrogen) atoms. The van der Waals surface area contributed by atoms with Gasteiger partial charge in [0.2, 0.25) is 0 Å². The Labute approximate surface area is 86.6 Å². The van der Waals surface area contributed by atoms with Gasteiger partial charge in [-0.3, -0.25) is 0 Å². The monoisotopic (exact) mass is 215 g/mol. The SMILES string of the molecule is COCOC(=O)c1cc(N)cc(Cl)c1. The van der Waals surface area contributed by atoms with E-state index >= 15 is 0 Å². The smallest absolute Gasteiger partial charge is 0.340 e. The van der Waals surface area contributed by atoms with Gasteiger partial charge in [0, 0.05) is 17.8 Å². The predicted molar refractivity (Wildman–Crippen MR) is 53.2 cm³/mol. The lowest BCUT2D eigenvalue weighted by Crippen LogP contribution is -2.07. The fraction of sp³-hybridized carbons (Fsp3) is 0.222. The summed E-state index contributed by atoms with van der Waals surface area (Å²) in [5.41, 5.74) is 6.23. The molecule has 1 aromatic carbocycles. The van der Waals surface area contributed by atoms with Crippen LogP contribution >= 0.6 is 11.6 Å². The molecule has 5 heteroatoms. The van der Waals surface area contributed by atoms with Crippen LogP contribution in [0.15, 0.2) is 18.2 Å². The highest BCUT2D eigenvalue weighted by Crippen LogP contribution is 2.17. The van der Waals surface area contributed by atoms with Crippen LogP contribution in [0.1, 0.15) is 10.4 Å². The minimum Gasteiger partial charge on any atom is -0.435 e. The lowest BCUT2D eigenvalue weighted by molar-refractivity contribution is -0.0124. The topological polar surface area (TPSA) is 61.5 Å². The quantitative estimate of drug-likeness (QED) is 0.474. The number of esters is 1. The number of rotatable bonds is 3. The first-order chi connectivity index (χ1) is 6.63. The predicted octanol–water partition coefficient (Wildman–Crippen LogP) is 1.68. The Morgan fingerprint density at radius 3 is 2.79 bits per heavy atom. The molecule has 0 aliphatic rings. The van der Waals surface area contributed by atoms with E-state index in [0.717, 1.165) is 0 Å². The molecule has 0 aromatic heterocycles. The molecule has 0 spiro atoms. The maximum absolute atomic E-state index is 11.3. The summed E-state index contributed by atoms with van der Waals surface area (Å²) in [5, 5.41) is 0.398. The molecule has 0 amide bonds. The Bertz CT molecular complexity index is 321. The molecule has 0 bridgehead atoms. The first-order valence-corrected chi connectivity index (χ1v) is 4.23. The Balaban J connectivity index is 2.79. The normalized spacial score (nSPS) is 9.86. The van der Waals surface area contributed by atoms with Crippen LogP contribution in [0.4, 0.5) is 5.69 Å². The van der Waals surface area contributed by atoms with Crippen LogP contribution in [0.2, 0.25) is 5.02 Å². The molecule has 0 aliphatic heterocycles. The zero-order valence-electron chi connectivity index (χ0n) is 7.62. The highest BCUT2D eigenvalue weighted by atomic mass is 35.5. The van der Waals surface area contributed by atoms with E-state index in [1.165, 1.54) is 19.2 Å². The van der Waals surface area contributed by atoms with Gasteiger partial charge < -0.3 is 15.2 Å². The van der Waals surface area contributed by atoms with Gasteiger partial charge >= 0.3 is 5.97 Å². The van der Waals surface area contributed by atoms with Crippen molar-refractivity contribution < 1.29 is 14.3 Å². The van der Waals surface area contributed by atoms with E-state index in [-0.39, 0.29) is 6.79 Å². The maximum Gasteiger partial charge on any atom is 0.340 e. The van der Waals surface area contributed by atoms with Crippen molar-refractivity contribution in [2.45, 2.75) is 0 Å². The van der Waals surface area contributed by atoms with Gasteiger partial charge in [-0.05, 0) is 18.2 Å². The average Bonchev–Trinajstić information content (AvgIpc) is 2.12. The molecule has 1 aromatic rings. The van der Waals surface area contributed by atoms with Crippen molar-refractivity contribution >= 4 is 23.3 Å². The fourth-order valence-corrected chi connectivity index (χ4v) is 1.17. The van der Waals surface area contributed by atoms with Crippen molar-refractivity contribution in [3.05, 3.63) is 28.8 Å². The molecular formula is C9H10ClNO3. The van der Waals surface area contributed by atoms with Crippen molar-refractivity contribution in [2.75, 3.05) is 19.6 Å². The summed E-state index contributed by atoms with van der Waals surface area (Å²) >= 11 is 5.71. The minimum atomic E-state index is -0.513. The fourth-order valence-electron chi connectivity index (χ4n) is 0.926. The molecule has 1 rings (SSSR count). The summed E-state index contributed by atoms with van der Waals surface area (Å²) in [6.07, 6.45) is 0. The third-order valence-corrected chi connectivity index (χ3v) is 1.68. The second-order valence-corrected chi connectivity index (χ2v) is 3.05. The van der Waals surface area contributed by atoms with Crippen molar-refractivity contribution in [3.63, 3.8) is 0 Å². The van der Waals surface area contributed by atoms with Crippen molar-refractivity contribution in [1.29, 1.82) is 0 Å². The molecule has 2 N–H and O–H groups in total. The van der Waals surface area contributed by atoms with Crippen LogP contribution in [0.25, 0.3) is 0 Å². The number of methoxy groups -OCH3 is 1. The third-order valence-electron chi connectivity index (χ3n) is 1.46. The largest absolute Gasteiger partial charge is 0.435 e. The van der Waals surface area contributed by atoms with Gasteiger partial charge in [-0.25, -0.2) is 4.79 Å². The highest BCUT2D eigenvalue weighted by molar-refractivity contribution is 6.31. The van der Waals surface area contributed by atoms with Crippen LogP contribution in [0.5, 0.6) is 0 Å². The zero-order valence-corrected chi connectivity index (χ0v) is 8.38. The average molecular weight is 216 g/mol. The van der Waals surface area contributed by atoms with Gasteiger partial charge in [0.1, 0.15) is 0 Å². The first-order valence-electron chi connectivity index (χ1n) is 3.85. The number of nitrogen functional groups attached to an aromatic ring is 1. The van der Waals surface area contributed by atoms with E-state index in [9.17, 15) is 4.79 Å². The standard InChI is InChI=1S/C9H10ClNO3/c1-13-5-14-9(12)6-2-7(10)4-8(11)3-6/h2-4H,5,11H2,1H3. The van der Waals surface area contributed by atoms with E-state index in [0.29, 0.717) is 16.3 Å². The number of benzene rings is 1. The van der Waals surface area contributed by atoms with Crippen molar-refractivity contribution in [1.82, 2.24) is 0 Å². The van der Waals surface area contributed by atoms with E-state index in [1.807, 2.05) is 0 Å². The van der Waals surface area contributed by atoms with Crippen molar-refractivity contribution in [3.8, 4) is 0 Å². The van der Waals surface area contributed by atoms with Crippen LogP contribution in [-0.4, -0.2) is 19.9 Å². The molecule has 4 nitrogen and oxygen atoms in total. The van der Waals surface area contributed by atoms with Crippen molar-refractivity contribution in [2.24, 2.45) is 0 Å². The van der Waals surface area contributed by atoms with Gasteiger partial charge in [0.25, 0.3) is 0 Å². The number of hydrogen-bond donors (Lipinski definition) is 1. The summed E-state index contributed by atoms with van der Waals surface area (Å²) in [6.45, 7) is -0.0920. The molecule has 0 radical (unpaired) electrons. The second-order valence-electron chi connectivity index (χ2n) is 2.61. The molecular weight excluding hydrogens is 206 g/mol. The molecule has 0 saturated heterocycles.